The summed E-state index contributed by atoms with van der Waals surface area (Å²) < 4.78 is 5.24. The molecule has 2 aromatic rings. The maximum absolute atomic E-state index is 12.4. The van der Waals surface area contributed by atoms with Crippen molar-refractivity contribution < 1.29 is 14.3 Å². The first-order chi connectivity index (χ1) is 13.1. The molecule has 0 bridgehead atoms. The summed E-state index contributed by atoms with van der Waals surface area (Å²) in [5.41, 5.74) is 5.33. The number of nitrogens with one attached hydrogen (secondary N) is 1. The molecule has 2 amide bonds. The molecule has 1 N–H and O–H groups in total. The van der Waals surface area contributed by atoms with E-state index < -0.39 is 5.92 Å². The van der Waals surface area contributed by atoms with Crippen LogP contribution in [0.15, 0.2) is 53.6 Å². The van der Waals surface area contributed by atoms with E-state index in [4.69, 9.17) is 4.74 Å². The minimum Gasteiger partial charge on any atom is -0.496 e. The van der Waals surface area contributed by atoms with Gasteiger partial charge in [0.2, 0.25) is 11.8 Å². The first kappa shape index (κ1) is 18.6. The van der Waals surface area contributed by atoms with Crippen LogP contribution in [0.3, 0.4) is 0 Å². The van der Waals surface area contributed by atoms with Gasteiger partial charge in [-0.1, -0.05) is 31.2 Å². The fourth-order valence-corrected chi connectivity index (χ4v) is 3.07. The quantitative estimate of drug-likeness (QED) is 0.632. The van der Waals surface area contributed by atoms with Crippen molar-refractivity contribution in [1.29, 1.82) is 0 Å². The van der Waals surface area contributed by atoms with E-state index in [-0.39, 0.29) is 18.2 Å². The number of hydrogen-bond acceptors (Lipinski definition) is 4. The van der Waals surface area contributed by atoms with Crippen LogP contribution in [0.1, 0.15) is 24.5 Å². The van der Waals surface area contributed by atoms with Crippen LogP contribution in [0.5, 0.6) is 5.75 Å². The molecule has 6 heteroatoms. The number of anilines is 1. The summed E-state index contributed by atoms with van der Waals surface area (Å²) >= 11 is 0. The Morgan fingerprint density at radius 1 is 1.26 bits per heavy atom. The molecule has 1 heterocycles. The Balaban J connectivity index is 1.61. The number of ether oxygens (including phenoxy) is 1. The first-order valence-electron chi connectivity index (χ1n) is 8.97. The molecule has 0 saturated carbocycles. The van der Waals surface area contributed by atoms with Crippen molar-refractivity contribution in [2.45, 2.75) is 19.8 Å². The highest BCUT2D eigenvalue weighted by molar-refractivity contribution is 6.00. The fourth-order valence-electron chi connectivity index (χ4n) is 3.07. The normalized spacial score (nSPS) is 16.7. The zero-order valence-electron chi connectivity index (χ0n) is 15.5. The molecule has 1 saturated heterocycles. The van der Waals surface area contributed by atoms with E-state index in [2.05, 4.69) is 17.5 Å². The van der Waals surface area contributed by atoms with Gasteiger partial charge in [0.25, 0.3) is 0 Å². The van der Waals surface area contributed by atoms with E-state index in [1.165, 1.54) is 11.8 Å². The molecular weight excluding hydrogens is 342 g/mol. The number of amides is 2. The number of para-hydroxylation sites is 1. The van der Waals surface area contributed by atoms with Gasteiger partial charge in [-0.25, -0.2) is 5.43 Å². The molecule has 0 aromatic heterocycles. The topological polar surface area (TPSA) is 71.0 Å². The van der Waals surface area contributed by atoms with Crippen LogP contribution in [-0.2, 0) is 16.0 Å². The number of hydrogen-bond donors (Lipinski definition) is 1. The summed E-state index contributed by atoms with van der Waals surface area (Å²) in [7, 11) is 1.58. The van der Waals surface area contributed by atoms with E-state index >= 15 is 0 Å². The molecule has 0 unspecified atom stereocenters. The Labute approximate surface area is 158 Å². The summed E-state index contributed by atoms with van der Waals surface area (Å²) in [5, 5.41) is 4.01. The summed E-state index contributed by atoms with van der Waals surface area (Å²) in [5.74, 6) is -0.0540. The number of methoxy groups -OCH3 is 1. The van der Waals surface area contributed by atoms with E-state index in [1.807, 2.05) is 48.5 Å². The van der Waals surface area contributed by atoms with E-state index in [1.54, 1.807) is 12.0 Å². The Morgan fingerprint density at radius 3 is 2.70 bits per heavy atom. The average Bonchev–Trinajstić information content (AvgIpc) is 3.10. The minimum atomic E-state index is -0.418. The van der Waals surface area contributed by atoms with Crippen LogP contribution in [-0.4, -0.2) is 31.7 Å². The van der Waals surface area contributed by atoms with Crippen LogP contribution in [0, 0.1) is 5.92 Å². The predicted molar refractivity (Wildman–Crippen MR) is 105 cm³/mol. The predicted octanol–water partition coefficient (Wildman–Crippen LogP) is 2.76. The fraction of sp³-hybridized carbons (Fsp3) is 0.286. The second kappa shape index (κ2) is 8.49. The Morgan fingerprint density at radius 2 is 2.00 bits per heavy atom. The lowest BCUT2D eigenvalue weighted by atomic mass is 10.1. The number of hydrazone groups is 1. The third-order valence-corrected chi connectivity index (χ3v) is 4.67. The third kappa shape index (κ3) is 4.34. The number of rotatable bonds is 6. The van der Waals surface area contributed by atoms with Gasteiger partial charge >= 0.3 is 0 Å². The highest BCUT2D eigenvalue weighted by Gasteiger charge is 2.35. The Kier molecular flexibility index (Phi) is 5.86. The lowest BCUT2D eigenvalue weighted by Crippen LogP contribution is -2.30. The smallest absolute Gasteiger partial charge is 0.245 e. The molecule has 0 spiro atoms. The number of nitrogens with zero attached hydrogens (tertiary/aromatic N) is 2. The molecule has 27 heavy (non-hydrogen) atoms. The highest BCUT2D eigenvalue weighted by Crippen LogP contribution is 2.25. The summed E-state index contributed by atoms with van der Waals surface area (Å²) in [6, 6.07) is 15.3. The number of aryl methyl sites for hydroxylation is 1. The monoisotopic (exact) mass is 365 g/mol. The first-order valence-corrected chi connectivity index (χ1v) is 8.97. The maximum atomic E-state index is 12.4. The van der Waals surface area contributed by atoms with Gasteiger partial charge in [0.1, 0.15) is 5.75 Å². The van der Waals surface area contributed by atoms with Crippen molar-refractivity contribution in [1.82, 2.24) is 5.43 Å². The van der Waals surface area contributed by atoms with Crippen molar-refractivity contribution in [3.63, 3.8) is 0 Å². The van der Waals surface area contributed by atoms with Gasteiger partial charge in [0.05, 0.1) is 19.2 Å². The third-order valence-electron chi connectivity index (χ3n) is 4.67. The van der Waals surface area contributed by atoms with Crippen molar-refractivity contribution >= 4 is 23.7 Å². The number of carbonyl (C=O) groups is 2. The van der Waals surface area contributed by atoms with Crippen LogP contribution in [0.2, 0.25) is 0 Å². The average molecular weight is 365 g/mol. The molecule has 6 nitrogen and oxygen atoms in total. The Bertz CT molecular complexity index is 846. The number of benzene rings is 2. The summed E-state index contributed by atoms with van der Waals surface area (Å²) in [4.78, 5) is 26.4. The lowest BCUT2D eigenvalue weighted by Gasteiger charge is -2.16. The van der Waals surface area contributed by atoms with Crippen molar-refractivity contribution in [3.8, 4) is 5.75 Å². The van der Waals surface area contributed by atoms with Gasteiger partial charge in [-0.15, -0.1) is 0 Å². The standard InChI is InChI=1S/C21H23N3O3/c1-3-15-8-10-18(11-9-15)24-14-17(12-20(24)25)21(26)23-22-13-16-6-4-5-7-19(16)27-2/h4-11,13,17H,3,12,14H2,1-2H3,(H,23,26)/b22-13-/t17-/m0/s1. The molecule has 0 radical (unpaired) electrons. The molecule has 1 aliphatic rings. The molecule has 2 aromatic carbocycles. The zero-order chi connectivity index (χ0) is 19.2. The summed E-state index contributed by atoms with van der Waals surface area (Å²) in [6.07, 6.45) is 2.67. The lowest BCUT2D eigenvalue weighted by molar-refractivity contribution is -0.126. The van der Waals surface area contributed by atoms with Crippen molar-refractivity contribution in [3.05, 3.63) is 59.7 Å². The van der Waals surface area contributed by atoms with Gasteiger partial charge in [0, 0.05) is 24.2 Å². The van der Waals surface area contributed by atoms with Crippen LogP contribution in [0.25, 0.3) is 0 Å². The van der Waals surface area contributed by atoms with Gasteiger partial charge in [-0.3, -0.25) is 9.59 Å². The van der Waals surface area contributed by atoms with Crippen LogP contribution in [0.4, 0.5) is 5.69 Å². The molecule has 0 aliphatic carbocycles. The van der Waals surface area contributed by atoms with E-state index in [9.17, 15) is 9.59 Å². The molecule has 1 atom stereocenters. The zero-order valence-corrected chi connectivity index (χ0v) is 15.5. The minimum absolute atomic E-state index is 0.0480. The van der Waals surface area contributed by atoms with Crippen LogP contribution >= 0.6 is 0 Å². The van der Waals surface area contributed by atoms with Gasteiger partial charge in [-0.2, -0.15) is 5.10 Å². The van der Waals surface area contributed by atoms with E-state index in [0.29, 0.717) is 12.3 Å². The molecular formula is C21H23N3O3. The molecule has 1 fully saturated rings. The highest BCUT2D eigenvalue weighted by atomic mass is 16.5. The SMILES string of the molecule is CCc1ccc(N2C[C@@H](C(=O)N/N=C\c3ccccc3OC)CC2=O)cc1. The van der Waals surface area contributed by atoms with Crippen molar-refractivity contribution in [2.24, 2.45) is 11.0 Å². The maximum Gasteiger partial charge on any atom is 0.245 e. The number of carbonyl (C=O) groups excluding carboxylic acids is 2. The second-order valence-corrected chi connectivity index (χ2v) is 6.40. The Hall–Kier alpha value is -3.15. The van der Waals surface area contributed by atoms with Gasteiger partial charge < -0.3 is 9.64 Å². The van der Waals surface area contributed by atoms with E-state index in [0.717, 1.165) is 17.7 Å². The molecule has 140 valence electrons. The van der Waals surface area contributed by atoms with Gasteiger partial charge in [0.15, 0.2) is 0 Å². The van der Waals surface area contributed by atoms with Crippen molar-refractivity contribution in [2.75, 3.05) is 18.6 Å². The second-order valence-electron chi connectivity index (χ2n) is 6.40. The van der Waals surface area contributed by atoms with Crippen LogP contribution < -0.4 is 15.1 Å². The summed E-state index contributed by atoms with van der Waals surface area (Å²) in [6.45, 7) is 2.45. The molecule has 3 rings (SSSR count). The van der Waals surface area contributed by atoms with Gasteiger partial charge in [-0.05, 0) is 36.2 Å². The largest absolute Gasteiger partial charge is 0.496 e. The molecule has 1 aliphatic heterocycles.